The molecule has 10 heavy (non-hydrogen) atoms. The summed E-state index contributed by atoms with van der Waals surface area (Å²) in [5, 5.41) is 0. The highest BCUT2D eigenvalue weighted by Crippen LogP contribution is 2.19. The molecule has 0 aliphatic carbocycles. The van der Waals surface area contributed by atoms with E-state index >= 15 is 0 Å². The lowest BCUT2D eigenvalue weighted by Crippen LogP contribution is -2.30. The van der Waals surface area contributed by atoms with Crippen LogP contribution in [-0.2, 0) is 9.53 Å². The minimum absolute atomic E-state index is 0.0367. The van der Waals surface area contributed by atoms with Crippen molar-refractivity contribution in [2.24, 2.45) is 5.92 Å². The van der Waals surface area contributed by atoms with Crippen LogP contribution in [0.3, 0.4) is 0 Å². The Balaban J connectivity index is 2.41. The van der Waals surface area contributed by atoms with Crippen molar-refractivity contribution in [2.45, 2.75) is 25.9 Å². The molecule has 3 heteroatoms. The Bertz CT molecular complexity index is 136. The molecule has 2 unspecified atom stereocenters. The van der Waals surface area contributed by atoms with E-state index in [1.165, 1.54) is 0 Å². The maximum absolute atomic E-state index is 10.9. The van der Waals surface area contributed by atoms with Crippen molar-refractivity contribution in [1.82, 2.24) is 0 Å². The Labute approximate surface area is 65.5 Å². The van der Waals surface area contributed by atoms with E-state index in [1.807, 2.05) is 6.92 Å². The first-order valence-electron chi connectivity index (χ1n) is 3.50. The summed E-state index contributed by atoms with van der Waals surface area (Å²) in [6, 6.07) is 0. The van der Waals surface area contributed by atoms with Gasteiger partial charge >= 0.3 is 5.97 Å². The molecule has 2 nitrogen and oxygen atoms in total. The van der Waals surface area contributed by atoms with Crippen LogP contribution >= 0.6 is 11.6 Å². The molecule has 2 atom stereocenters. The largest absolute Gasteiger partial charge is 0.461 e. The average molecular weight is 163 g/mol. The summed E-state index contributed by atoms with van der Waals surface area (Å²) in [5.41, 5.74) is 0. The Hall–Kier alpha value is -0.240. The number of ether oxygens (including phenoxy) is 1. The van der Waals surface area contributed by atoms with E-state index in [1.54, 1.807) is 0 Å². The van der Waals surface area contributed by atoms with Crippen molar-refractivity contribution in [1.29, 1.82) is 0 Å². The van der Waals surface area contributed by atoms with Gasteiger partial charge < -0.3 is 4.74 Å². The lowest BCUT2D eigenvalue weighted by atomic mass is 10.0. The summed E-state index contributed by atoms with van der Waals surface area (Å²) in [4.78, 5) is 10.9. The molecule has 0 aromatic heterocycles. The van der Waals surface area contributed by atoms with Crippen molar-refractivity contribution in [3.63, 3.8) is 0 Å². The monoisotopic (exact) mass is 162 g/mol. The van der Waals surface area contributed by atoms with Gasteiger partial charge in [-0.05, 0) is 12.8 Å². The molecule has 1 saturated heterocycles. The summed E-state index contributed by atoms with van der Waals surface area (Å²) in [6.07, 6.45) is 1.79. The number of rotatable bonds is 1. The summed E-state index contributed by atoms with van der Waals surface area (Å²) >= 11 is 5.52. The Kier molecular flexibility index (Phi) is 2.55. The van der Waals surface area contributed by atoms with Crippen LogP contribution in [0.5, 0.6) is 0 Å². The average Bonchev–Trinajstić information content (AvgIpc) is 1.95. The molecule has 58 valence electrons. The van der Waals surface area contributed by atoms with E-state index in [9.17, 15) is 4.79 Å². The molecule has 0 spiro atoms. The van der Waals surface area contributed by atoms with Gasteiger partial charge in [0.2, 0.25) is 0 Å². The maximum Gasteiger partial charge on any atom is 0.308 e. The lowest BCUT2D eigenvalue weighted by Gasteiger charge is -2.24. The number of carbonyl (C=O) groups is 1. The highest BCUT2D eigenvalue weighted by atomic mass is 35.5. The van der Waals surface area contributed by atoms with Crippen molar-refractivity contribution >= 4 is 17.6 Å². The molecule has 1 rings (SSSR count). The van der Waals surface area contributed by atoms with Gasteiger partial charge in [0.25, 0.3) is 0 Å². The van der Waals surface area contributed by atoms with Crippen molar-refractivity contribution in [3.05, 3.63) is 0 Å². The lowest BCUT2D eigenvalue weighted by molar-refractivity contribution is -0.157. The zero-order chi connectivity index (χ0) is 7.56. The van der Waals surface area contributed by atoms with Crippen LogP contribution in [0.1, 0.15) is 19.8 Å². The molecule has 1 heterocycles. The third-order valence-electron chi connectivity index (χ3n) is 1.78. The molecule has 0 radical (unpaired) electrons. The van der Waals surface area contributed by atoms with Gasteiger partial charge in [-0.25, -0.2) is 0 Å². The highest BCUT2D eigenvalue weighted by molar-refractivity contribution is 6.18. The Morgan fingerprint density at radius 3 is 2.90 bits per heavy atom. The third kappa shape index (κ3) is 1.63. The molecule has 0 aromatic carbocycles. The van der Waals surface area contributed by atoms with E-state index in [4.69, 9.17) is 16.3 Å². The second-order valence-electron chi connectivity index (χ2n) is 2.69. The number of esters is 1. The standard InChI is InChI=1S/C7H11ClO2/c1-5-2-3-6(4-8)10-7(5)9/h5-6H,2-4H2,1H3. The van der Waals surface area contributed by atoms with Crippen LogP contribution in [0.25, 0.3) is 0 Å². The fourth-order valence-corrected chi connectivity index (χ4v) is 1.22. The summed E-state index contributed by atoms with van der Waals surface area (Å²) in [5.74, 6) is 0.398. The van der Waals surface area contributed by atoms with Gasteiger partial charge in [0.15, 0.2) is 0 Å². The van der Waals surface area contributed by atoms with Gasteiger partial charge in [-0.2, -0.15) is 0 Å². The first-order valence-corrected chi connectivity index (χ1v) is 4.04. The zero-order valence-electron chi connectivity index (χ0n) is 5.97. The second kappa shape index (κ2) is 3.24. The van der Waals surface area contributed by atoms with Crippen LogP contribution in [0.2, 0.25) is 0 Å². The van der Waals surface area contributed by atoms with Crippen molar-refractivity contribution in [3.8, 4) is 0 Å². The van der Waals surface area contributed by atoms with Crippen LogP contribution in [0.15, 0.2) is 0 Å². The number of hydrogen-bond acceptors (Lipinski definition) is 2. The molecule has 1 aliphatic heterocycles. The topological polar surface area (TPSA) is 26.3 Å². The summed E-state index contributed by atoms with van der Waals surface area (Å²) < 4.78 is 4.98. The van der Waals surface area contributed by atoms with Gasteiger partial charge in [0.05, 0.1) is 11.8 Å². The van der Waals surface area contributed by atoms with E-state index in [-0.39, 0.29) is 18.0 Å². The quantitative estimate of drug-likeness (QED) is 0.432. The molecule has 0 aromatic rings. The number of halogens is 1. The van der Waals surface area contributed by atoms with Gasteiger partial charge in [-0.1, -0.05) is 6.92 Å². The molecule has 0 bridgehead atoms. The molecule has 1 aliphatic rings. The number of hydrogen-bond donors (Lipinski definition) is 0. The molecule has 0 N–H and O–H groups in total. The van der Waals surface area contributed by atoms with Crippen molar-refractivity contribution < 1.29 is 9.53 Å². The van der Waals surface area contributed by atoms with Crippen LogP contribution in [-0.4, -0.2) is 18.0 Å². The maximum atomic E-state index is 10.9. The minimum Gasteiger partial charge on any atom is -0.461 e. The normalized spacial score (nSPS) is 33.6. The third-order valence-corrected chi connectivity index (χ3v) is 2.12. The Morgan fingerprint density at radius 1 is 1.70 bits per heavy atom. The van der Waals surface area contributed by atoms with Gasteiger partial charge in [-0.15, -0.1) is 11.6 Å². The predicted molar refractivity (Wildman–Crippen MR) is 39.0 cm³/mol. The zero-order valence-corrected chi connectivity index (χ0v) is 6.73. The van der Waals surface area contributed by atoms with E-state index in [0.29, 0.717) is 5.88 Å². The van der Waals surface area contributed by atoms with Gasteiger partial charge in [-0.3, -0.25) is 4.79 Å². The fourth-order valence-electron chi connectivity index (χ4n) is 1.00. The summed E-state index contributed by atoms with van der Waals surface area (Å²) in [7, 11) is 0. The molecule has 0 amide bonds. The summed E-state index contributed by atoms with van der Waals surface area (Å²) in [6.45, 7) is 1.88. The first kappa shape index (κ1) is 7.86. The van der Waals surface area contributed by atoms with Gasteiger partial charge in [0, 0.05) is 0 Å². The van der Waals surface area contributed by atoms with Crippen LogP contribution < -0.4 is 0 Å². The van der Waals surface area contributed by atoms with Crippen LogP contribution in [0.4, 0.5) is 0 Å². The van der Waals surface area contributed by atoms with Crippen LogP contribution in [0, 0.1) is 5.92 Å². The minimum atomic E-state index is -0.100. The molecular weight excluding hydrogens is 152 g/mol. The highest BCUT2D eigenvalue weighted by Gasteiger charge is 2.25. The van der Waals surface area contributed by atoms with E-state index < -0.39 is 0 Å². The molecule has 1 fully saturated rings. The molecule has 0 saturated carbocycles. The predicted octanol–water partition coefficient (Wildman–Crippen LogP) is 1.57. The Morgan fingerprint density at radius 2 is 2.40 bits per heavy atom. The fraction of sp³-hybridized carbons (Fsp3) is 0.857. The smallest absolute Gasteiger partial charge is 0.308 e. The van der Waals surface area contributed by atoms with E-state index in [0.717, 1.165) is 12.8 Å². The number of alkyl halides is 1. The van der Waals surface area contributed by atoms with Crippen molar-refractivity contribution in [2.75, 3.05) is 5.88 Å². The number of cyclic esters (lactones) is 1. The SMILES string of the molecule is CC1CCC(CCl)OC1=O. The first-order chi connectivity index (χ1) is 4.74. The molecular formula is C7H11ClO2. The van der Waals surface area contributed by atoms with Gasteiger partial charge in [0.1, 0.15) is 6.10 Å². The van der Waals surface area contributed by atoms with E-state index in [2.05, 4.69) is 0 Å². The second-order valence-corrected chi connectivity index (χ2v) is 3.00. The number of carbonyl (C=O) groups excluding carboxylic acids is 1.